The molecule has 0 aliphatic heterocycles. The van der Waals surface area contributed by atoms with Crippen LogP contribution >= 0.6 is 0 Å². The molecule has 1 atom stereocenters. The summed E-state index contributed by atoms with van der Waals surface area (Å²) in [7, 11) is -3.52. The number of aliphatic hydroxyl groups is 1. The molecule has 1 heterocycles. The number of para-hydroxylation sites is 2. The molecule has 4 rings (SSSR count). The highest BCUT2D eigenvalue weighted by Gasteiger charge is 2.16. The van der Waals surface area contributed by atoms with Crippen molar-refractivity contribution in [2.45, 2.75) is 19.1 Å². The maximum atomic E-state index is 13.8. The minimum atomic E-state index is -3.52. The number of halogens is 1. The fourth-order valence-electron chi connectivity index (χ4n) is 3.76. The van der Waals surface area contributed by atoms with E-state index in [-0.39, 0.29) is 12.1 Å². The van der Waals surface area contributed by atoms with Crippen molar-refractivity contribution in [2.75, 3.05) is 11.0 Å². The smallest absolute Gasteiger partial charge is 0.229 e. The van der Waals surface area contributed by atoms with Gasteiger partial charge in [0, 0.05) is 34.8 Å². The van der Waals surface area contributed by atoms with Crippen molar-refractivity contribution in [1.29, 1.82) is 0 Å². The number of hydrogen-bond donors (Lipinski definition) is 2. The normalized spacial score (nSPS) is 13.1. The molecule has 0 bridgehead atoms. The minimum Gasteiger partial charge on any atom is -0.391 e. The molecule has 0 saturated carbocycles. The van der Waals surface area contributed by atoms with Crippen LogP contribution in [-0.4, -0.2) is 30.5 Å². The molecule has 0 aliphatic rings. The summed E-state index contributed by atoms with van der Waals surface area (Å²) in [6.07, 6.45) is 0.307. The number of aromatic nitrogens is 1. The lowest BCUT2D eigenvalue weighted by Crippen LogP contribution is -2.20. The zero-order valence-electron chi connectivity index (χ0n) is 15.8. The van der Waals surface area contributed by atoms with Crippen molar-refractivity contribution in [3.63, 3.8) is 0 Å². The third kappa shape index (κ3) is 4.11. The number of fused-ring (bicyclic) bond motifs is 3. The lowest BCUT2D eigenvalue weighted by molar-refractivity contribution is 0.157. The van der Waals surface area contributed by atoms with Gasteiger partial charge in [-0.05, 0) is 35.9 Å². The van der Waals surface area contributed by atoms with Crippen LogP contribution in [0, 0.1) is 5.82 Å². The molecule has 0 saturated heterocycles. The van der Waals surface area contributed by atoms with Gasteiger partial charge in [0.25, 0.3) is 0 Å². The first kappa shape index (κ1) is 19.4. The van der Waals surface area contributed by atoms with Crippen molar-refractivity contribution in [2.24, 2.45) is 0 Å². The van der Waals surface area contributed by atoms with Gasteiger partial charge in [0.15, 0.2) is 0 Å². The Morgan fingerprint density at radius 2 is 1.59 bits per heavy atom. The monoisotopic (exact) mass is 412 g/mol. The summed E-state index contributed by atoms with van der Waals surface area (Å²) in [5.41, 5.74) is 2.68. The molecule has 0 spiro atoms. The minimum absolute atomic E-state index is 0.108. The Morgan fingerprint density at radius 1 is 1.00 bits per heavy atom. The van der Waals surface area contributed by atoms with Crippen LogP contribution in [0.15, 0.2) is 66.7 Å². The van der Waals surface area contributed by atoms with Crippen molar-refractivity contribution >= 4 is 37.5 Å². The van der Waals surface area contributed by atoms with Gasteiger partial charge in [-0.15, -0.1) is 0 Å². The van der Waals surface area contributed by atoms with Gasteiger partial charge in [0.05, 0.1) is 18.0 Å². The van der Waals surface area contributed by atoms with E-state index in [1.165, 1.54) is 18.2 Å². The van der Waals surface area contributed by atoms with Crippen LogP contribution in [0.3, 0.4) is 0 Å². The zero-order valence-corrected chi connectivity index (χ0v) is 16.7. The summed E-state index contributed by atoms with van der Waals surface area (Å²) in [5.74, 6) is -0.483. The molecular weight excluding hydrogens is 391 g/mol. The second-order valence-electron chi connectivity index (χ2n) is 7.18. The Kier molecular flexibility index (Phi) is 5.02. The average Bonchev–Trinajstić information content (AvgIpc) is 2.97. The number of hydrogen-bond acceptors (Lipinski definition) is 3. The maximum absolute atomic E-state index is 13.8. The molecule has 0 aliphatic carbocycles. The van der Waals surface area contributed by atoms with Crippen LogP contribution < -0.4 is 4.72 Å². The third-order valence-electron chi connectivity index (χ3n) is 4.89. The number of benzene rings is 3. The summed E-state index contributed by atoms with van der Waals surface area (Å²) < 4.78 is 41.4. The molecule has 5 nitrogen and oxygen atoms in total. The SMILES string of the molecule is CS(=O)(=O)Nc1ccc(F)cc1CC(O)Cn1c2ccccc2c2ccccc21. The first-order valence-corrected chi connectivity index (χ1v) is 11.1. The fourth-order valence-corrected chi connectivity index (χ4v) is 4.36. The number of anilines is 1. The Morgan fingerprint density at radius 3 is 2.17 bits per heavy atom. The highest BCUT2D eigenvalue weighted by Crippen LogP contribution is 2.29. The highest BCUT2D eigenvalue weighted by atomic mass is 32.2. The van der Waals surface area contributed by atoms with E-state index in [0.29, 0.717) is 12.1 Å². The van der Waals surface area contributed by atoms with Gasteiger partial charge in [-0.2, -0.15) is 0 Å². The largest absolute Gasteiger partial charge is 0.391 e. The lowest BCUT2D eigenvalue weighted by atomic mass is 10.1. The van der Waals surface area contributed by atoms with Crippen molar-refractivity contribution in [3.8, 4) is 0 Å². The van der Waals surface area contributed by atoms with Gasteiger partial charge in [0.2, 0.25) is 10.0 Å². The average molecular weight is 412 g/mol. The predicted molar refractivity (Wildman–Crippen MR) is 114 cm³/mol. The summed E-state index contributed by atoms with van der Waals surface area (Å²) in [6, 6.07) is 19.8. The predicted octanol–water partition coefficient (Wildman–Crippen LogP) is 3.91. The quantitative estimate of drug-likeness (QED) is 0.504. The van der Waals surface area contributed by atoms with Gasteiger partial charge >= 0.3 is 0 Å². The lowest BCUT2D eigenvalue weighted by Gasteiger charge is -2.17. The van der Waals surface area contributed by atoms with Crippen LogP contribution in [0.5, 0.6) is 0 Å². The highest BCUT2D eigenvalue weighted by molar-refractivity contribution is 7.92. The Balaban J connectivity index is 1.68. The number of nitrogens with zero attached hydrogens (tertiary/aromatic N) is 1. The topological polar surface area (TPSA) is 71.3 Å². The van der Waals surface area contributed by atoms with E-state index in [1.54, 1.807) is 0 Å². The van der Waals surface area contributed by atoms with Gasteiger partial charge in [-0.3, -0.25) is 4.72 Å². The Bertz CT molecular complexity index is 1240. The molecule has 1 unspecified atom stereocenters. The second-order valence-corrected chi connectivity index (χ2v) is 8.93. The van der Waals surface area contributed by atoms with E-state index >= 15 is 0 Å². The van der Waals surface area contributed by atoms with Crippen molar-refractivity contribution in [1.82, 2.24) is 4.57 Å². The fraction of sp³-hybridized carbons (Fsp3) is 0.182. The van der Waals surface area contributed by atoms with E-state index < -0.39 is 21.9 Å². The summed E-state index contributed by atoms with van der Waals surface area (Å²) in [6.45, 7) is 0.294. The molecular formula is C22H21FN2O3S. The summed E-state index contributed by atoms with van der Waals surface area (Å²) in [4.78, 5) is 0. The van der Waals surface area contributed by atoms with Crippen LogP contribution in [0.2, 0.25) is 0 Å². The van der Waals surface area contributed by atoms with E-state index in [2.05, 4.69) is 4.72 Å². The van der Waals surface area contributed by atoms with E-state index in [1.807, 2.05) is 53.1 Å². The van der Waals surface area contributed by atoms with Gasteiger partial charge < -0.3 is 9.67 Å². The van der Waals surface area contributed by atoms with Crippen LogP contribution in [0.4, 0.5) is 10.1 Å². The van der Waals surface area contributed by atoms with Crippen LogP contribution in [-0.2, 0) is 23.0 Å². The third-order valence-corrected chi connectivity index (χ3v) is 5.48. The molecule has 0 fully saturated rings. The van der Waals surface area contributed by atoms with Crippen LogP contribution in [0.1, 0.15) is 5.56 Å². The van der Waals surface area contributed by atoms with Gasteiger partial charge in [-0.1, -0.05) is 36.4 Å². The number of sulfonamides is 1. The standard InChI is InChI=1S/C22H21FN2O3S/c1-29(27,28)24-20-11-10-16(23)12-15(20)13-17(26)14-25-21-8-4-2-6-18(21)19-7-3-5-9-22(19)25/h2-12,17,24,26H,13-14H2,1H3. The molecule has 0 amide bonds. The van der Waals surface area contributed by atoms with E-state index in [9.17, 15) is 17.9 Å². The van der Waals surface area contributed by atoms with Gasteiger partial charge in [-0.25, -0.2) is 12.8 Å². The molecule has 3 aromatic carbocycles. The molecule has 150 valence electrons. The number of rotatable bonds is 6. The Hall–Kier alpha value is -2.90. The second kappa shape index (κ2) is 7.50. The zero-order chi connectivity index (χ0) is 20.6. The molecule has 2 N–H and O–H groups in total. The molecule has 29 heavy (non-hydrogen) atoms. The van der Waals surface area contributed by atoms with Crippen molar-refractivity contribution < 1.29 is 17.9 Å². The van der Waals surface area contributed by atoms with Crippen molar-refractivity contribution in [3.05, 3.63) is 78.1 Å². The first-order valence-electron chi connectivity index (χ1n) is 9.22. The summed E-state index contributed by atoms with van der Waals surface area (Å²) in [5, 5.41) is 13.0. The first-order chi connectivity index (χ1) is 13.8. The molecule has 7 heteroatoms. The molecule has 1 aromatic heterocycles. The van der Waals surface area contributed by atoms with E-state index in [4.69, 9.17) is 0 Å². The van der Waals surface area contributed by atoms with E-state index in [0.717, 1.165) is 28.1 Å². The number of nitrogens with one attached hydrogen (secondary N) is 1. The van der Waals surface area contributed by atoms with Crippen LogP contribution in [0.25, 0.3) is 21.8 Å². The van der Waals surface area contributed by atoms with Gasteiger partial charge in [0.1, 0.15) is 5.82 Å². The molecule has 0 radical (unpaired) electrons. The Labute approximate surface area is 168 Å². The maximum Gasteiger partial charge on any atom is 0.229 e. The number of aliphatic hydroxyl groups excluding tert-OH is 1. The summed E-state index contributed by atoms with van der Waals surface area (Å²) >= 11 is 0. The molecule has 4 aromatic rings.